The normalized spacial score (nSPS) is 12.2. The van der Waals surface area contributed by atoms with E-state index in [-0.39, 0.29) is 18.5 Å². The third kappa shape index (κ3) is 3.63. The van der Waals surface area contributed by atoms with Gasteiger partial charge in [-0.1, -0.05) is 29.3 Å². The Morgan fingerprint density at radius 3 is 2.50 bits per heavy atom. The molecule has 0 aliphatic heterocycles. The lowest BCUT2D eigenvalue weighted by Gasteiger charge is -2.19. The fourth-order valence-electron chi connectivity index (χ4n) is 1.98. The first kappa shape index (κ1) is 15.1. The van der Waals surface area contributed by atoms with Gasteiger partial charge in [0.1, 0.15) is 5.82 Å². The predicted octanol–water partition coefficient (Wildman–Crippen LogP) is 4.59. The lowest BCUT2D eigenvalue weighted by Crippen LogP contribution is -2.15. The van der Waals surface area contributed by atoms with Gasteiger partial charge in [0.25, 0.3) is 0 Å². The number of aryl methyl sites for hydroxylation is 1. The molecule has 2 rings (SSSR count). The van der Waals surface area contributed by atoms with Crippen LogP contribution >= 0.6 is 23.2 Å². The smallest absolute Gasteiger partial charge is 0.125 e. The third-order valence-electron chi connectivity index (χ3n) is 2.91. The molecule has 0 saturated heterocycles. The van der Waals surface area contributed by atoms with E-state index < -0.39 is 0 Å². The van der Waals surface area contributed by atoms with Crippen LogP contribution in [0, 0.1) is 12.7 Å². The van der Waals surface area contributed by atoms with Gasteiger partial charge in [-0.05, 0) is 48.4 Å². The monoisotopic (exact) mass is 313 g/mol. The van der Waals surface area contributed by atoms with E-state index >= 15 is 0 Å². The van der Waals surface area contributed by atoms with Crippen LogP contribution in [0.4, 0.5) is 10.1 Å². The fraction of sp³-hybridized carbons (Fsp3) is 0.200. The highest BCUT2D eigenvalue weighted by molar-refractivity contribution is 6.42. The summed E-state index contributed by atoms with van der Waals surface area (Å²) < 4.78 is 13.4. The minimum absolute atomic E-state index is 0.145. The molecule has 0 aliphatic carbocycles. The van der Waals surface area contributed by atoms with E-state index in [4.69, 9.17) is 23.2 Å². The molecule has 2 aromatic carbocycles. The molecule has 1 atom stereocenters. The Labute approximate surface area is 127 Å². The first-order valence-corrected chi connectivity index (χ1v) is 6.84. The van der Waals surface area contributed by atoms with Gasteiger partial charge in [0.05, 0.1) is 22.7 Å². The van der Waals surface area contributed by atoms with Crippen LogP contribution in [0.5, 0.6) is 0 Å². The van der Waals surface area contributed by atoms with Crippen molar-refractivity contribution < 1.29 is 9.50 Å². The van der Waals surface area contributed by atoms with Gasteiger partial charge in [0, 0.05) is 5.69 Å². The van der Waals surface area contributed by atoms with E-state index in [2.05, 4.69) is 5.32 Å². The zero-order valence-corrected chi connectivity index (χ0v) is 12.3. The number of anilines is 1. The second-order valence-electron chi connectivity index (χ2n) is 4.57. The second kappa shape index (κ2) is 6.44. The Morgan fingerprint density at radius 1 is 1.15 bits per heavy atom. The molecule has 0 aliphatic rings. The molecular weight excluding hydrogens is 300 g/mol. The van der Waals surface area contributed by atoms with E-state index in [0.717, 1.165) is 11.1 Å². The second-order valence-corrected chi connectivity index (χ2v) is 5.38. The average molecular weight is 314 g/mol. The molecular formula is C15H14Cl2FNO. The first-order chi connectivity index (χ1) is 9.49. The van der Waals surface area contributed by atoms with Gasteiger partial charge < -0.3 is 10.4 Å². The molecule has 0 aromatic heterocycles. The number of nitrogens with one attached hydrogen (secondary N) is 1. The number of hydrogen-bond donors (Lipinski definition) is 2. The standard InChI is InChI=1S/C15H14Cl2FNO/c1-9-4-11(18)7-12(5-9)19-15(8-20)10-2-3-13(16)14(17)6-10/h2-7,15,19-20H,8H2,1H3. The van der Waals surface area contributed by atoms with Gasteiger partial charge in [-0.25, -0.2) is 4.39 Å². The number of rotatable bonds is 4. The zero-order valence-electron chi connectivity index (χ0n) is 10.8. The van der Waals surface area contributed by atoms with Crippen molar-refractivity contribution in [3.8, 4) is 0 Å². The molecule has 0 heterocycles. The Hall–Kier alpha value is -1.29. The molecule has 0 spiro atoms. The van der Waals surface area contributed by atoms with Crippen LogP contribution in [0.3, 0.4) is 0 Å². The lowest BCUT2D eigenvalue weighted by molar-refractivity contribution is 0.276. The molecule has 2 nitrogen and oxygen atoms in total. The largest absolute Gasteiger partial charge is 0.394 e. The Bertz CT molecular complexity index is 599. The van der Waals surface area contributed by atoms with Gasteiger partial charge in [0.15, 0.2) is 0 Å². The zero-order chi connectivity index (χ0) is 14.7. The number of hydrogen-bond acceptors (Lipinski definition) is 2. The summed E-state index contributed by atoms with van der Waals surface area (Å²) in [6.45, 7) is 1.66. The maximum absolute atomic E-state index is 13.4. The Balaban J connectivity index is 2.26. The van der Waals surface area contributed by atoms with E-state index in [9.17, 15) is 9.50 Å². The molecule has 0 radical (unpaired) electrons. The van der Waals surface area contributed by atoms with E-state index in [1.807, 2.05) is 6.07 Å². The van der Waals surface area contributed by atoms with Crippen molar-refractivity contribution >= 4 is 28.9 Å². The van der Waals surface area contributed by atoms with Crippen LogP contribution in [-0.4, -0.2) is 11.7 Å². The number of halogens is 3. The van der Waals surface area contributed by atoms with Gasteiger partial charge >= 0.3 is 0 Å². The lowest BCUT2D eigenvalue weighted by atomic mass is 10.1. The summed E-state index contributed by atoms with van der Waals surface area (Å²) in [6.07, 6.45) is 0. The summed E-state index contributed by atoms with van der Waals surface area (Å²) in [5.41, 5.74) is 2.19. The van der Waals surface area contributed by atoms with E-state index in [1.165, 1.54) is 12.1 Å². The number of aliphatic hydroxyl groups excluding tert-OH is 1. The number of aliphatic hydroxyl groups is 1. The summed E-state index contributed by atoms with van der Waals surface area (Å²) in [4.78, 5) is 0. The SMILES string of the molecule is Cc1cc(F)cc(NC(CO)c2ccc(Cl)c(Cl)c2)c1. The molecule has 0 fully saturated rings. The quantitative estimate of drug-likeness (QED) is 0.865. The average Bonchev–Trinajstić information content (AvgIpc) is 2.38. The van der Waals surface area contributed by atoms with Crippen LogP contribution in [0.25, 0.3) is 0 Å². The maximum Gasteiger partial charge on any atom is 0.125 e. The predicted molar refractivity (Wildman–Crippen MR) is 81.0 cm³/mol. The van der Waals surface area contributed by atoms with Crippen LogP contribution in [0.2, 0.25) is 10.0 Å². The van der Waals surface area contributed by atoms with Crippen molar-refractivity contribution in [1.29, 1.82) is 0 Å². The minimum atomic E-state index is -0.383. The van der Waals surface area contributed by atoms with Crippen molar-refractivity contribution in [2.24, 2.45) is 0 Å². The molecule has 20 heavy (non-hydrogen) atoms. The molecule has 1 unspecified atom stereocenters. The van der Waals surface area contributed by atoms with Crippen molar-refractivity contribution in [3.05, 3.63) is 63.4 Å². The number of benzene rings is 2. The molecule has 5 heteroatoms. The van der Waals surface area contributed by atoms with Crippen LogP contribution in [0.15, 0.2) is 36.4 Å². The van der Waals surface area contributed by atoms with Crippen LogP contribution < -0.4 is 5.32 Å². The molecule has 2 N–H and O–H groups in total. The van der Waals surface area contributed by atoms with Crippen molar-refractivity contribution in [1.82, 2.24) is 0 Å². The van der Waals surface area contributed by atoms with Gasteiger partial charge in [0.2, 0.25) is 0 Å². The van der Waals surface area contributed by atoms with Crippen LogP contribution in [-0.2, 0) is 0 Å². The summed E-state index contributed by atoms with van der Waals surface area (Å²) in [5, 5.41) is 13.5. The van der Waals surface area contributed by atoms with E-state index in [1.54, 1.807) is 25.1 Å². The highest BCUT2D eigenvalue weighted by Gasteiger charge is 2.12. The molecule has 0 amide bonds. The van der Waals surface area contributed by atoms with Gasteiger partial charge in [-0.2, -0.15) is 0 Å². The molecule has 106 valence electrons. The van der Waals surface area contributed by atoms with Crippen molar-refractivity contribution in [2.45, 2.75) is 13.0 Å². The van der Waals surface area contributed by atoms with Gasteiger partial charge in [-0.3, -0.25) is 0 Å². The maximum atomic E-state index is 13.4. The summed E-state index contributed by atoms with van der Waals surface area (Å²) >= 11 is 11.8. The summed E-state index contributed by atoms with van der Waals surface area (Å²) in [7, 11) is 0. The van der Waals surface area contributed by atoms with Crippen molar-refractivity contribution in [3.63, 3.8) is 0 Å². The van der Waals surface area contributed by atoms with Crippen molar-refractivity contribution in [2.75, 3.05) is 11.9 Å². The Kier molecular flexibility index (Phi) is 4.86. The van der Waals surface area contributed by atoms with Gasteiger partial charge in [-0.15, -0.1) is 0 Å². The fourth-order valence-corrected chi connectivity index (χ4v) is 2.29. The minimum Gasteiger partial charge on any atom is -0.394 e. The summed E-state index contributed by atoms with van der Waals surface area (Å²) in [5.74, 6) is -0.321. The Morgan fingerprint density at radius 2 is 1.90 bits per heavy atom. The van der Waals surface area contributed by atoms with Crippen LogP contribution in [0.1, 0.15) is 17.2 Å². The third-order valence-corrected chi connectivity index (χ3v) is 3.65. The summed E-state index contributed by atoms with van der Waals surface area (Å²) in [6, 6.07) is 9.37. The molecule has 0 bridgehead atoms. The van der Waals surface area contributed by atoms with E-state index in [0.29, 0.717) is 15.7 Å². The highest BCUT2D eigenvalue weighted by Crippen LogP contribution is 2.27. The highest BCUT2D eigenvalue weighted by atomic mass is 35.5. The topological polar surface area (TPSA) is 32.3 Å². The molecule has 2 aromatic rings. The first-order valence-electron chi connectivity index (χ1n) is 6.09. The molecule has 0 saturated carbocycles.